The van der Waals surface area contributed by atoms with Gasteiger partial charge < -0.3 is 15.4 Å². The SMILES string of the molecule is Cc1cccn(CC(O)CN)c1=O. The van der Waals surface area contributed by atoms with Crippen molar-refractivity contribution in [1.29, 1.82) is 0 Å². The average Bonchev–Trinajstić information content (AvgIpc) is 2.13. The molecule has 0 aliphatic heterocycles. The number of pyridine rings is 1. The summed E-state index contributed by atoms with van der Waals surface area (Å²) >= 11 is 0. The molecule has 3 N–H and O–H groups in total. The molecule has 1 rings (SSSR count). The maximum Gasteiger partial charge on any atom is 0.253 e. The Kier molecular flexibility index (Phi) is 3.22. The van der Waals surface area contributed by atoms with Crippen molar-refractivity contribution in [3.8, 4) is 0 Å². The molecule has 0 spiro atoms. The Labute approximate surface area is 76.6 Å². The number of aliphatic hydroxyl groups is 1. The van der Waals surface area contributed by atoms with E-state index in [1.54, 1.807) is 25.3 Å². The highest BCUT2D eigenvalue weighted by molar-refractivity contribution is 5.07. The van der Waals surface area contributed by atoms with Crippen molar-refractivity contribution in [2.75, 3.05) is 6.54 Å². The topological polar surface area (TPSA) is 68.2 Å². The maximum atomic E-state index is 11.4. The van der Waals surface area contributed by atoms with Gasteiger partial charge >= 0.3 is 0 Å². The van der Waals surface area contributed by atoms with Crippen LogP contribution >= 0.6 is 0 Å². The Morgan fingerprint density at radius 2 is 2.38 bits per heavy atom. The molecule has 1 unspecified atom stereocenters. The number of hydrogen-bond acceptors (Lipinski definition) is 3. The molecule has 0 bridgehead atoms. The standard InChI is InChI=1S/C9H14N2O2/c1-7-3-2-4-11(9(7)13)6-8(12)5-10/h2-4,8,12H,5-6,10H2,1H3. The number of rotatable bonds is 3. The van der Waals surface area contributed by atoms with Gasteiger partial charge in [0.15, 0.2) is 0 Å². The lowest BCUT2D eigenvalue weighted by molar-refractivity contribution is 0.160. The van der Waals surface area contributed by atoms with Gasteiger partial charge in [-0.1, -0.05) is 6.07 Å². The van der Waals surface area contributed by atoms with Crippen LogP contribution in [0.3, 0.4) is 0 Å². The first-order chi connectivity index (χ1) is 6.15. The van der Waals surface area contributed by atoms with Crippen molar-refractivity contribution in [1.82, 2.24) is 4.57 Å². The van der Waals surface area contributed by atoms with Gasteiger partial charge in [0.25, 0.3) is 5.56 Å². The van der Waals surface area contributed by atoms with Gasteiger partial charge in [-0.05, 0) is 13.0 Å². The average molecular weight is 182 g/mol. The van der Waals surface area contributed by atoms with Crippen LogP contribution in [-0.2, 0) is 6.54 Å². The lowest BCUT2D eigenvalue weighted by Gasteiger charge is -2.10. The highest BCUT2D eigenvalue weighted by Gasteiger charge is 2.04. The number of aromatic nitrogens is 1. The highest BCUT2D eigenvalue weighted by Crippen LogP contribution is 1.91. The summed E-state index contributed by atoms with van der Waals surface area (Å²) in [4.78, 5) is 11.4. The fraction of sp³-hybridized carbons (Fsp3) is 0.444. The van der Waals surface area contributed by atoms with E-state index in [1.807, 2.05) is 0 Å². The molecule has 72 valence electrons. The minimum atomic E-state index is -0.653. The summed E-state index contributed by atoms with van der Waals surface area (Å²) < 4.78 is 1.47. The number of nitrogens with two attached hydrogens (primary N) is 1. The summed E-state index contributed by atoms with van der Waals surface area (Å²) in [5.41, 5.74) is 5.84. The monoisotopic (exact) mass is 182 g/mol. The second-order valence-corrected chi connectivity index (χ2v) is 3.04. The zero-order chi connectivity index (χ0) is 9.84. The summed E-state index contributed by atoms with van der Waals surface area (Å²) in [7, 11) is 0. The van der Waals surface area contributed by atoms with Crippen molar-refractivity contribution < 1.29 is 5.11 Å². The number of nitrogens with zero attached hydrogens (tertiary/aromatic N) is 1. The van der Waals surface area contributed by atoms with E-state index < -0.39 is 6.10 Å². The van der Waals surface area contributed by atoms with Gasteiger partial charge in [0.05, 0.1) is 12.6 Å². The van der Waals surface area contributed by atoms with Crippen LogP contribution < -0.4 is 11.3 Å². The third-order valence-corrected chi connectivity index (χ3v) is 1.89. The maximum absolute atomic E-state index is 11.4. The van der Waals surface area contributed by atoms with E-state index in [0.717, 1.165) is 0 Å². The van der Waals surface area contributed by atoms with Gasteiger partial charge in [0.2, 0.25) is 0 Å². The molecule has 1 atom stereocenters. The zero-order valence-corrected chi connectivity index (χ0v) is 7.60. The minimum absolute atomic E-state index is 0.0741. The molecule has 1 aromatic heterocycles. The Hall–Kier alpha value is -1.13. The molecule has 0 amide bonds. The molecule has 0 aromatic carbocycles. The fourth-order valence-electron chi connectivity index (χ4n) is 1.10. The van der Waals surface area contributed by atoms with Gasteiger partial charge in [-0.15, -0.1) is 0 Å². The van der Waals surface area contributed by atoms with Gasteiger partial charge in [-0.3, -0.25) is 4.79 Å². The van der Waals surface area contributed by atoms with Gasteiger partial charge in [-0.2, -0.15) is 0 Å². The van der Waals surface area contributed by atoms with Crippen LogP contribution in [0.25, 0.3) is 0 Å². The summed E-state index contributed by atoms with van der Waals surface area (Å²) in [6.45, 7) is 2.17. The molecular formula is C9H14N2O2. The molecule has 13 heavy (non-hydrogen) atoms. The van der Waals surface area contributed by atoms with Crippen LogP contribution in [-0.4, -0.2) is 22.3 Å². The lowest BCUT2D eigenvalue weighted by Crippen LogP contribution is -2.31. The van der Waals surface area contributed by atoms with E-state index in [-0.39, 0.29) is 18.6 Å². The van der Waals surface area contributed by atoms with E-state index in [9.17, 15) is 9.90 Å². The Bertz CT molecular complexity index is 333. The summed E-state index contributed by atoms with van der Waals surface area (Å²) in [6.07, 6.45) is 0.994. The predicted octanol–water partition coefficient (Wildman–Crippen LogP) is -0.524. The Balaban J connectivity index is 2.89. The fourth-order valence-corrected chi connectivity index (χ4v) is 1.10. The highest BCUT2D eigenvalue weighted by atomic mass is 16.3. The van der Waals surface area contributed by atoms with Gasteiger partial charge in [0, 0.05) is 18.3 Å². The molecule has 1 aromatic rings. The number of hydrogen-bond donors (Lipinski definition) is 2. The van der Waals surface area contributed by atoms with Crippen LogP contribution in [0.4, 0.5) is 0 Å². The molecule has 0 aliphatic rings. The van der Waals surface area contributed by atoms with E-state index in [1.165, 1.54) is 4.57 Å². The molecule has 0 saturated carbocycles. The second kappa shape index (κ2) is 4.20. The van der Waals surface area contributed by atoms with Gasteiger partial charge in [-0.25, -0.2) is 0 Å². The van der Waals surface area contributed by atoms with E-state index in [4.69, 9.17) is 5.73 Å². The molecule has 4 heteroatoms. The first kappa shape index (κ1) is 9.95. The van der Waals surface area contributed by atoms with Crippen LogP contribution in [0.15, 0.2) is 23.1 Å². The molecule has 0 fully saturated rings. The zero-order valence-electron chi connectivity index (χ0n) is 7.60. The molecule has 0 radical (unpaired) electrons. The molecule has 1 heterocycles. The number of aryl methyl sites for hydroxylation is 1. The third-order valence-electron chi connectivity index (χ3n) is 1.89. The molecule has 4 nitrogen and oxygen atoms in total. The predicted molar refractivity (Wildman–Crippen MR) is 50.5 cm³/mol. The van der Waals surface area contributed by atoms with Crippen molar-refractivity contribution in [3.63, 3.8) is 0 Å². The van der Waals surface area contributed by atoms with Crippen molar-refractivity contribution in [3.05, 3.63) is 34.2 Å². The summed E-state index contributed by atoms with van der Waals surface area (Å²) in [5, 5.41) is 9.24. The third kappa shape index (κ3) is 2.40. The Morgan fingerprint density at radius 3 is 3.00 bits per heavy atom. The quantitative estimate of drug-likeness (QED) is 0.660. The van der Waals surface area contributed by atoms with Crippen LogP contribution in [0.1, 0.15) is 5.56 Å². The Morgan fingerprint density at radius 1 is 1.69 bits per heavy atom. The first-order valence-corrected chi connectivity index (χ1v) is 4.19. The van der Waals surface area contributed by atoms with Gasteiger partial charge in [0.1, 0.15) is 0 Å². The van der Waals surface area contributed by atoms with Crippen molar-refractivity contribution >= 4 is 0 Å². The minimum Gasteiger partial charge on any atom is -0.390 e. The smallest absolute Gasteiger partial charge is 0.253 e. The van der Waals surface area contributed by atoms with Crippen LogP contribution in [0.5, 0.6) is 0 Å². The van der Waals surface area contributed by atoms with E-state index in [2.05, 4.69) is 0 Å². The summed E-state index contributed by atoms with van der Waals surface area (Å²) in [5.74, 6) is 0. The molecular weight excluding hydrogens is 168 g/mol. The molecule has 0 aliphatic carbocycles. The largest absolute Gasteiger partial charge is 0.390 e. The second-order valence-electron chi connectivity index (χ2n) is 3.04. The van der Waals surface area contributed by atoms with Crippen LogP contribution in [0, 0.1) is 6.92 Å². The van der Waals surface area contributed by atoms with Crippen LogP contribution in [0.2, 0.25) is 0 Å². The van der Waals surface area contributed by atoms with E-state index in [0.29, 0.717) is 5.56 Å². The van der Waals surface area contributed by atoms with Crippen molar-refractivity contribution in [2.45, 2.75) is 19.6 Å². The van der Waals surface area contributed by atoms with E-state index >= 15 is 0 Å². The number of aliphatic hydroxyl groups excluding tert-OH is 1. The lowest BCUT2D eigenvalue weighted by atomic mass is 10.3. The first-order valence-electron chi connectivity index (χ1n) is 4.19. The summed E-state index contributed by atoms with van der Waals surface area (Å²) in [6, 6.07) is 3.52. The molecule has 0 saturated heterocycles. The van der Waals surface area contributed by atoms with Crippen molar-refractivity contribution in [2.24, 2.45) is 5.73 Å². The normalized spacial score (nSPS) is 12.8.